The Morgan fingerprint density at radius 3 is 3.04 bits per heavy atom. The van der Waals surface area contributed by atoms with Gasteiger partial charge in [0.05, 0.1) is 11.7 Å². The number of carbonyl (C=O) groups excluding carboxylic acids is 1. The zero-order valence-electron chi connectivity index (χ0n) is 14.8. The highest BCUT2D eigenvalue weighted by Crippen LogP contribution is 2.30. The third-order valence-corrected chi connectivity index (χ3v) is 4.92. The minimum atomic E-state index is -0.128. The van der Waals surface area contributed by atoms with Gasteiger partial charge < -0.3 is 9.88 Å². The SMILES string of the molecule is Cc1ccn(CCC(=O)N2CCCCC2c2cc(=O)n3ccnc3[nH]2)n1. The predicted molar refractivity (Wildman–Crippen MR) is 95.7 cm³/mol. The van der Waals surface area contributed by atoms with Gasteiger partial charge in [0, 0.05) is 49.9 Å². The number of rotatable bonds is 4. The van der Waals surface area contributed by atoms with Crippen LogP contribution in [0.25, 0.3) is 5.78 Å². The van der Waals surface area contributed by atoms with Crippen molar-refractivity contribution in [3.8, 4) is 0 Å². The van der Waals surface area contributed by atoms with Crippen LogP contribution >= 0.6 is 0 Å². The van der Waals surface area contributed by atoms with Gasteiger partial charge in [0.25, 0.3) is 5.56 Å². The lowest BCUT2D eigenvalue weighted by atomic mass is 9.98. The Morgan fingerprint density at radius 1 is 1.35 bits per heavy atom. The molecule has 0 bridgehead atoms. The normalized spacial score (nSPS) is 17.7. The summed E-state index contributed by atoms with van der Waals surface area (Å²) in [5.74, 6) is 0.601. The van der Waals surface area contributed by atoms with E-state index >= 15 is 0 Å². The Bertz CT molecular complexity index is 985. The summed E-state index contributed by atoms with van der Waals surface area (Å²) >= 11 is 0. The molecule has 0 radical (unpaired) electrons. The first-order valence-electron chi connectivity index (χ1n) is 8.97. The number of fused-ring (bicyclic) bond motifs is 1. The molecular weight excluding hydrogens is 332 g/mol. The van der Waals surface area contributed by atoms with Crippen molar-refractivity contribution >= 4 is 11.7 Å². The number of imidazole rings is 1. The Balaban J connectivity index is 1.55. The number of likely N-dealkylation sites (tertiary alicyclic amines) is 1. The molecule has 0 aromatic carbocycles. The molecule has 3 aromatic heterocycles. The first kappa shape index (κ1) is 16.6. The minimum absolute atomic E-state index is 0.0897. The molecule has 136 valence electrons. The van der Waals surface area contributed by atoms with Gasteiger partial charge in [-0.2, -0.15) is 5.10 Å². The third kappa shape index (κ3) is 3.14. The number of piperidine rings is 1. The highest BCUT2D eigenvalue weighted by Gasteiger charge is 2.29. The lowest BCUT2D eigenvalue weighted by molar-refractivity contribution is -0.135. The lowest BCUT2D eigenvalue weighted by Crippen LogP contribution is -2.39. The summed E-state index contributed by atoms with van der Waals surface area (Å²) in [6, 6.07) is 3.41. The molecule has 1 aliphatic rings. The average molecular weight is 354 g/mol. The number of hydrogen-bond donors (Lipinski definition) is 1. The van der Waals surface area contributed by atoms with Crippen molar-refractivity contribution < 1.29 is 4.79 Å². The van der Waals surface area contributed by atoms with E-state index in [-0.39, 0.29) is 17.5 Å². The van der Waals surface area contributed by atoms with Crippen LogP contribution in [0.5, 0.6) is 0 Å². The number of nitrogens with zero attached hydrogens (tertiary/aromatic N) is 5. The van der Waals surface area contributed by atoms with Crippen LogP contribution in [0.15, 0.2) is 35.5 Å². The maximum Gasteiger partial charge on any atom is 0.259 e. The highest BCUT2D eigenvalue weighted by atomic mass is 16.2. The molecule has 1 atom stereocenters. The summed E-state index contributed by atoms with van der Waals surface area (Å²) < 4.78 is 3.27. The van der Waals surface area contributed by atoms with Crippen molar-refractivity contribution in [1.29, 1.82) is 0 Å². The molecule has 8 nitrogen and oxygen atoms in total. The van der Waals surface area contributed by atoms with Crippen molar-refractivity contribution in [2.45, 2.75) is 45.2 Å². The standard InChI is InChI=1S/C18H22N6O2/c1-13-5-9-22(21-13)10-6-16(25)23-8-3-2-4-15(23)14-12-17(26)24-11-7-19-18(24)20-14/h5,7,9,11-12,15H,2-4,6,8,10H2,1H3,(H,19,20). The second-order valence-corrected chi connectivity index (χ2v) is 6.75. The maximum atomic E-state index is 12.8. The van der Waals surface area contributed by atoms with Crippen LogP contribution in [0, 0.1) is 6.92 Å². The molecule has 4 rings (SSSR count). The molecule has 1 aliphatic heterocycles. The van der Waals surface area contributed by atoms with Crippen LogP contribution in [0.2, 0.25) is 0 Å². The Kier molecular flexibility index (Phi) is 4.32. The molecule has 1 N–H and O–H groups in total. The summed E-state index contributed by atoms with van der Waals surface area (Å²) in [7, 11) is 0. The summed E-state index contributed by atoms with van der Waals surface area (Å²) in [5.41, 5.74) is 1.58. The molecule has 0 saturated carbocycles. The average Bonchev–Trinajstić information content (AvgIpc) is 3.28. The second-order valence-electron chi connectivity index (χ2n) is 6.75. The molecule has 4 heterocycles. The van der Waals surface area contributed by atoms with Gasteiger partial charge in [-0.05, 0) is 32.3 Å². The number of aromatic nitrogens is 5. The van der Waals surface area contributed by atoms with E-state index in [4.69, 9.17) is 0 Å². The fourth-order valence-corrected chi connectivity index (χ4v) is 3.62. The number of amides is 1. The van der Waals surface area contributed by atoms with E-state index in [9.17, 15) is 9.59 Å². The van der Waals surface area contributed by atoms with Gasteiger partial charge in [0.2, 0.25) is 11.7 Å². The zero-order valence-corrected chi connectivity index (χ0v) is 14.8. The summed E-state index contributed by atoms with van der Waals surface area (Å²) in [4.78, 5) is 34.4. The minimum Gasteiger partial charge on any atom is -0.334 e. The van der Waals surface area contributed by atoms with Crippen molar-refractivity contribution in [1.82, 2.24) is 29.0 Å². The van der Waals surface area contributed by atoms with Gasteiger partial charge in [-0.25, -0.2) is 4.98 Å². The van der Waals surface area contributed by atoms with Crippen LogP contribution in [0.4, 0.5) is 0 Å². The Labute approximate surface area is 150 Å². The maximum absolute atomic E-state index is 12.8. The molecule has 3 aromatic rings. The number of hydrogen-bond acceptors (Lipinski definition) is 4. The van der Waals surface area contributed by atoms with Gasteiger partial charge in [0.15, 0.2) is 0 Å². The highest BCUT2D eigenvalue weighted by molar-refractivity contribution is 5.76. The van der Waals surface area contributed by atoms with Gasteiger partial charge >= 0.3 is 0 Å². The van der Waals surface area contributed by atoms with E-state index in [1.54, 1.807) is 23.1 Å². The second kappa shape index (κ2) is 6.78. The van der Waals surface area contributed by atoms with Crippen LogP contribution in [-0.2, 0) is 11.3 Å². The third-order valence-electron chi connectivity index (χ3n) is 4.92. The Morgan fingerprint density at radius 2 is 2.23 bits per heavy atom. The quantitative estimate of drug-likeness (QED) is 0.772. The smallest absolute Gasteiger partial charge is 0.259 e. The molecule has 26 heavy (non-hydrogen) atoms. The first-order chi connectivity index (χ1) is 12.6. The predicted octanol–water partition coefficient (Wildman–Crippen LogP) is 1.67. The monoisotopic (exact) mass is 354 g/mol. The molecule has 1 fully saturated rings. The van der Waals surface area contributed by atoms with E-state index in [2.05, 4.69) is 15.1 Å². The van der Waals surface area contributed by atoms with Gasteiger partial charge in [-0.15, -0.1) is 0 Å². The topological polar surface area (TPSA) is 88.3 Å². The van der Waals surface area contributed by atoms with Gasteiger partial charge in [0.1, 0.15) is 0 Å². The molecular formula is C18H22N6O2. The van der Waals surface area contributed by atoms with Gasteiger partial charge in [-0.1, -0.05) is 0 Å². The summed E-state index contributed by atoms with van der Waals surface area (Å²) in [6.45, 7) is 3.20. The van der Waals surface area contributed by atoms with Crippen molar-refractivity contribution in [3.05, 3.63) is 52.5 Å². The first-order valence-corrected chi connectivity index (χ1v) is 8.97. The lowest BCUT2D eigenvalue weighted by Gasteiger charge is -2.35. The van der Waals surface area contributed by atoms with E-state index in [0.717, 1.165) is 30.7 Å². The number of nitrogens with one attached hydrogen (secondary N) is 1. The van der Waals surface area contributed by atoms with E-state index in [0.29, 0.717) is 25.3 Å². The Hall–Kier alpha value is -2.90. The van der Waals surface area contributed by atoms with Crippen molar-refractivity contribution in [2.24, 2.45) is 0 Å². The van der Waals surface area contributed by atoms with Crippen LogP contribution < -0.4 is 5.56 Å². The van der Waals surface area contributed by atoms with Crippen LogP contribution in [-0.4, -0.2) is 41.5 Å². The summed E-state index contributed by atoms with van der Waals surface area (Å²) in [5, 5.41) is 4.33. The van der Waals surface area contributed by atoms with Crippen LogP contribution in [0.1, 0.15) is 43.1 Å². The molecule has 0 aliphatic carbocycles. The summed E-state index contributed by atoms with van der Waals surface area (Å²) in [6.07, 6.45) is 8.38. The van der Waals surface area contributed by atoms with Crippen molar-refractivity contribution in [2.75, 3.05) is 6.54 Å². The fraction of sp³-hybridized carbons (Fsp3) is 0.444. The van der Waals surface area contributed by atoms with E-state index in [1.807, 2.05) is 24.1 Å². The van der Waals surface area contributed by atoms with Crippen molar-refractivity contribution in [3.63, 3.8) is 0 Å². The molecule has 1 unspecified atom stereocenters. The zero-order chi connectivity index (χ0) is 18.1. The number of carbonyl (C=O) groups is 1. The number of aryl methyl sites for hydroxylation is 2. The van der Waals surface area contributed by atoms with E-state index < -0.39 is 0 Å². The fourth-order valence-electron chi connectivity index (χ4n) is 3.62. The number of aromatic amines is 1. The molecule has 1 saturated heterocycles. The van der Waals surface area contributed by atoms with Crippen LogP contribution in [0.3, 0.4) is 0 Å². The molecule has 1 amide bonds. The van der Waals surface area contributed by atoms with Gasteiger partial charge in [-0.3, -0.25) is 18.7 Å². The number of H-pyrrole nitrogens is 1. The molecule has 8 heteroatoms. The van der Waals surface area contributed by atoms with E-state index in [1.165, 1.54) is 4.40 Å². The largest absolute Gasteiger partial charge is 0.334 e. The molecule has 0 spiro atoms.